The monoisotopic (exact) mass is 373 g/mol. The molecule has 5 heteroatoms. The number of rotatable bonds is 6. The Labute approximate surface area is 160 Å². The Balaban J connectivity index is 0.00000117. The molecule has 0 bridgehead atoms. The minimum atomic E-state index is 0.0758. The van der Waals surface area contributed by atoms with Crippen LogP contribution >= 0.6 is 11.3 Å². The molecule has 0 spiro atoms. The standard InChI is InChI=1S/C19H25N3OS.C2H6/c1-11(2)15-8-16(20-9-14-6-5-7-24-14)19-18(21-15)13(4)17(22-19)12(3)10-23;1-2/h5-8,11-12,22-23H,9-10H2,1-4H3,(H,20,21);1-2H3. The van der Waals surface area contributed by atoms with Crippen molar-refractivity contribution in [2.24, 2.45) is 0 Å². The number of aryl methyl sites for hydroxylation is 1. The summed E-state index contributed by atoms with van der Waals surface area (Å²) in [7, 11) is 0. The Morgan fingerprint density at radius 1 is 1.27 bits per heavy atom. The highest BCUT2D eigenvalue weighted by Crippen LogP contribution is 2.32. The van der Waals surface area contributed by atoms with Gasteiger partial charge in [-0.2, -0.15) is 0 Å². The molecule has 1 unspecified atom stereocenters. The van der Waals surface area contributed by atoms with Crippen molar-refractivity contribution in [2.45, 2.75) is 59.9 Å². The fourth-order valence-electron chi connectivity index (χ4n) is 2.93. The summed E-state index contributed by atoms with van der Waals surface area (Å²) >= 11 is 1.75. The van der Waals surface area contributed by atoms with Crippen LogP contribution in [0, 0.1) is 6.92 Å². The van der Waals surface area contributed by atoms with Gasteiger partial charge in [0, 0.05) is 28.7 Å². The number of aliphatic hydroxyl groups excluding tert-OH is 1. The van der Waals surface area contributed by atoms with Crippen LogP contribution in [0.2, 0.25) is 0 Å². The molecule has 3 aromatic rings. The Morgan fingerprint density at radius 3 is 2.58 bits per heavy atom. The summed E-state index contributed by atoms with van der Waals surface area (Å²) in [6.45, 7) is 13.4. The smallest absolute Gasteiger partial charge is 0.0935 e. The second kappa shape index (κ2) is 9.19. The molecule has 0 fully saturated rings. The third-order valence-corrected chi connectivity index (χ3v) is 5.33. The van der Waals surface area contributed by atoms with Crippen LogP contribution in [0.4, 0.5) is 5.69 Å². The minimum Gasteiger partial charge on any atom is -0.396 e. The molecule has 0 saturated carbocycles. The van der Waals surface area contributed by atoms with Crippen LogP contribution in [0.1, 0.15) is 68.3 Å². The maximum absolute atomic E-state index is 9.52. The first kappa shape index (κ1) is 20.5. The molecule has 0 aliphatic carbocycles. The van der Waals surface area contributed by atoms with Gasteiger partial charge >= 0.3 is 0 Å². The van der Waals surface area contributed by atoms with E-state index in [0.29, 0.717) is 5.92 Å². The number of aliphatic hydroxyl groups is 1. The number of hydrogen-bond donors (Lipinski definition) is 3. The SMILES string of the molecule is CC.Cc1c(C(C)CO)[nH]c2c(NCc3cccs3)cc(C(C)C)nc12. The summed E-state index contributed by atoms with van der Waals surface area (Å²) in [6, 6.07) is 6.35. The van der Waals surface area contributed by atoms with Crippen molar-refractivity contribution in [3.8, 4) is 0 Å². The highest BCUT2D eigenvalue weighted by atomic mass is 32.1. The average molecular weight is 374 g/mol. The molecule has 3 N–H and O–H groups in total. The van der Waals surface area contributed by atoms with Crippen LogP contribution < -0.4 is 5.32 Å². The van der Waals surface area contributed by atoms with Gasteiger partial charge in [-0.1, -0.05) is 40.7 Å². The molecule has 26 heavy (non-hydrogen) atoms. The van der Waals surface area contributed by atoms with Crippen molar-refractivity contribution in [1.29, 1.82) is 0 Å². The topological polar surface area (TPSA) is 60.9 Å². The van der Waals surface area contributed by atoms with Gasteiger partial charge in [0.1, 0.15) is 0 Å². The van der Waals surface area contributed by atoms with E-state index in [9.17, 15) is 5.11 Å². The van der Waals surface area contributed by atoms with E-state index < -0.39 is 0 Å². The van der Waals surface area contributed by atoms with E-state index in [-0.39, 0.29) is 12.5 Å². The van der Waals surface area contributed by atoms with E-state index in [1.807, 2.05) is 20.8 Å². The van der Waals surface area contributed by atoms with Gasteiger partial charge in [-0.3, -0.25) is 4.98 Å². The van der Waals surface area contributed by atoms with Crippen LogP contribution in [-0.2, 0) is 6.54 Å². The molecule has 3 heterocycles. The van der Waals surface area contributed by atoms with Gasteiger partial charge in [-0.05, 0) is 35.9 Å². The van der Waals surface area contributed by atoms with E-state index in [1.54, 1.807) is 11.3 Å². The van der Waals surface area contributed by atoms with Gasteiger partial charge in [0.15, 0.2) is 0 Å². The van der Waals surface area contributed by atoms with Gasteiger partial charge in [0.25, 0.3) is 0 Å². The van der Waals surface area contributed by atoms with Crippen molar-refractivity contribution in [1.82, 2.24) is 9.97 Å². The number of nitrogens with one attached hydrogen (secondary N) is 2. The Bertz CT molecular complexity index is 822. The fraction of sp³-hybridized carbons (Fsp3) is 0.476. The maximum Gasteiger partial charge on any atom is 0.0935 e. The highest BCUT2D eigenvalue weighted by Gasteiger charge is 2.18. The third-order valence-electron chi connectivity index (χ3n) is 4.45. The van der Waals surface area contributed by atoms with Crippen molar-refractivity contribution in [3.63, 3.8) is 0 Å². The van der Waals surface area contributed by atoms with E-state index >= 15 is 0 Å². The van der Waals surface area contributed by atoms with Crippen LogP contribution in [-0.4, -0.2) is 21.7 Å². The fourth-order valence-corrected chi connectivity index (χ4v) is 3.58. The van der Waals surface area contributed by atoms with Crippen molar-refractivity contribution in [3.05, 3.63) is 45.4 Å². The van der Waals surface area contributed by atoms with Gasteiger partial charge in [0.05, 0.1) is 23.3 Å². The predicted octanol–water partition coefficient (Wildman–Crippen LogP) is 5.79. The molecule has 3 aromatic heterocycles. The number of aromatic amines is 1. The summed E-state index contributed by atoms with van der Waals surface area (Å²) in [5.41, 5.74) is 6.40. The molecule has 1 atom stereocenters. The summed E-state index contributed by atoms with van der Waals surface area (Å²) in [5.74, 6) is 0.441. The molecule has 0 aliphatic heterocycles. The van der Waals surface area contributed by atoms with Gasteiger partial charge < -0.3 is 15.4 Å². The Kier molecular flexibility index (Phi) is 7.23. The molecule has 4 nitrogen and oxygen atoms in total. The van der Waals surface area contributed by atoms with E-state index in [1.165, 1.54) is 4.88 Å². The molecule has 142 valence electrons. The average Bonchev–Trinajstić information content (AvgIpc) is 3.29. The van der Waals surface area contributed by atoms with E-state index in [2.05, 4.69) is 54.7 Å². The number of hydrogen-bond acceptors (Lipinski definition) is 4. The van der Waals surface area contributed by atoms with Crippen LogP contribution in [0.3, 0.4) is 0 Å². The van der Waals surface area contributed by atoms with Gasteiger partial charge in [-0.15, -0.1) is 11.3 Å². The lowest BCUT2D eigenvalue weighted by atomic mass is 10.0. The number of H-pyrrole nitrogens is 1. The largest absolute Gasteiger partial charge is 0.396 e. The summed E-state index contributed by atoms with van der Waals surface area (Å²) in [4.78, 5) is 9.67. The number of pyridine rings is 1. The highest BCUT2D eigenvalue weighted by molar-refractivity contribution is 7.09. The van der Waals surface area contributed by atoms with Crippen LogP contribution in [0.25, 0.3) is 11.0 Å². The number of anilines is 1. The first-order valence-corrected chi connectivity index (χ1v) is 10.3. The Morgan fingerprint density at radius 2 is 2.00 bits per heavy atom. The summed E-state index contributed by atoms with van der Waals surface area (Å²) in [6.07, 6.45) is 0. The Hall–Kier alpha value is -1.85. The lowest BCUT2D eigenvalue weighted by molar-refractivity contribution is 0.271. The zero-order chi connectivity index (χ0) is 19.3. The molecular formula is C21H31N3OS. The second-order valence-corrected chi connectivity index (χ2v) is 7.69. The van der Waals surface area contributed by atoms with Gasteiger partial charge in [-0.25, -0.2) is 0 Å². The van der Waals surface area contributed by atoms with Crippen molar-refractivity contribution in [2.75, 3.05) is 11.9 Å². The molecule has 0 saturated heterocycles. The quantitative estimate of drug-likeness (QED) is 0.512. The van der Waals surface area contributed by atoms with E-state index in [0.717, 1.165) is 40.2 Å². The lowest BCUT2D eigenvalue weighted by Crippen LogP contribution is -2.02. The normalized spacial score (nSPS) is 12.2. The van der Waals surface area contributed by atoms with Gasteiger partial charge in [0.2, 0.25) is 0 Å². The molecule has 3 rings (SSSR count). The second-order valence-electron chi connectivity index (χ2n) is 6.65. The summed E-state index contributed by atoms with van der Waals surface area (Å²) < 4.78 is 0. The molecule has 0 aromatic carbocycles. The van der Waals surface area contributed by atoms with Crippen LogP contribution in [0.5, 0.6) is 0 Å². The molecule has 0 radical (unpaired) electrons. The molecule has 0 amide bonds. The zero-order valence-electron chi connectivity index (χ0n) is 16.7. The lowest BCUT2D eigenvalue weighted by Gasteiger charge is -2.11. The maximum atomic E-state index is 9.52. The first-order valence-electron chi connectivity index (χ1n) is 9.41. The predicted molar refractivity (Wildman–Crippen MR) is 113 cm³/mol. The number of aromatic nitrogens is 2. The number of nitrogens with zero attached hydrogens (tertiary/aromatic N) is 1. The molecular weight excluding hydrogens is 342 g/mol. The minimum absolute atomic E-state index is 0.0758. The summed E-state index contributed by atoms with van der Waals surface area (Å²) in [5, 5.41) is 15.2. The first-order chi connectivity index (χ1) is 12.5. The third kappa shape index (κ3) is 4.27. The molecule has 0 aliphatic rings. The number of thiophene rings is 1. The van der Waals surface area contributed by atoms with E-state index in [4.69, 9.17) is 4.98 Å². The number of fused-ring (bicyclic) bond motifs is 1. The van der Waals surface area contributed by atoms with Crippen LogP contribution in [0.15, 0.2) is 23.6 Å². The zero-order valence-corrected chi connectivity index (χ0v) is 17.5. The van der Waals surface area contributed by atoms with Crippen molar-refractivity contribution >= 4 is 28.1 Å². The van der Waals surface area contributed by atoms with Crippen molar-refractivity contribution < 1.29 is 5.11 Å².